The van der Waals surface area contributed by atoms with Crippen LogP contribution in [0.5, 0.6) is 0 Å². The zero-order chi connectivity index (χ0) is 16.7. The van der Waals surface area contributed by atoms with Crippen molar-refractivity contribution in [3.8, 4) is 0 Å². The predicted octanol–water partition coefficient (Wildman–Crippen LogP) is 2.19. The number of carbonyl (C=O) groups is 1. The first kappa shape index (κ1) is 17.8. The molecule has 0 saturated carbocycles. The number of hydrogen-bond acceptors (Lipinski definition) is 6. The molecule has 1 unspecified atom stereocenters. The SMILES string of the molecule is CCOC(=O)c1nnn(Cc2ccccc2)c1SCC(O)CCl. The summed E-state index contributed by atoms with van der Waals surface area (Å²) in [4.78, 5) is 12.0. The van der Waals surface area contributed by atoms with Crippen molar-refractivity contribution in [3.05, 3.63) is 41.6 Å². The quantitative estimate of drug-likeness (QED) is 0.444. The van der Waals surface area contributed by atoms with E-state index >= 15 is 0 Å². The molecule has 1 aromatic heterocycles. The Morgan fingerprint density at radius 3 is 2.83 bits per heavy atom. The molecule has 0 aliphatic carbocycles. The molecule has 0 aliphatic rings. The number of benzene rings is 1. The standard InChI is InChI=1S/C15H18ClN3O3S/c1-2-22-15(21)13-14(23-10-12(20)8-16)19(18-17-13)9-11-6-4-3-5-7-11/h3-7,12,20H,2,8-10H2,1H3. The highest BCUT2D eigenvalue weighted by Gasteiger charge is 2.22. The van der Waals surface area contributed by atoms with E-state index in [0.29, 0.717) is 17.3 Å². The normalized spacial score (nSPS) is 12.1. The molecule has 1 heterocycles. The summed E-state index contributed by atoms with van der Waals surface area (Å²) in [5.74, 6) is -0.0465. The van der Waals surface area contributed by atoms with Crippen LogP contribution in [-0.4, -0.2) is 50.4 Å². The molecule has 0 spiro atoms. The van der Waals surface area contributed by atoms with Gasteiger partial charge in [0.15, 0.2) is 0 Å². The molecule has 0 radical (unpaired) electrons. The van der Waals surface area contributed by atoms with E-state index in [1.807, 2.05) is 30.3 Å². The Hall–Kier alpha value is -1.57. The van der Waals surface area contributed by atoms with Gasteiger partial charge >= 0.3 is 5.97 Å². The number of ether oxygens (including phenoxy) is 1. The fourth-order valence-corrected chi connectivity index (χ4v) is 3.07. The van der Waals surface area contributed by atoms with Gasteiger partial charge in [0, 0.05) is 11.6 Å². The third-order valence-electron chi connectivity index (χ3n) is 2.92. The molecule has 0 amide bonds. The van der Waals surface area contributed by atoms with Crippen molar-refractivity contribution in [1.82, 2.24) is 15.0 Å². The van der Waals surface area contributed by atoms with Gasteiger partial charge in [0.1, 0.15) is 5.03 Å². The maximum absolute atomic E-state index is 12.0. The van der Waals surface area contributed by atoms with Crippen LogP contribution >= 0.6 is 23.4 Å². The Morgan fingerprint density at radius 2 is 2.17 bits per heavy atom. The second kappa shape index (κ2) is 8.90. The van der Waals surface area contributed by atoms with Gasteiger partial charge in [-0.3, -0.25) is 0 Å². The van der Waals surface area contributed by atoms with Gasteiger partial charge in [-0.1, -0.05) is 35.5 Å². The van der Waals surface area contributed by atoms with Crippen LogP contribution in [-0.2, 0) is 11.3 Å². The maximum Gasteiger partial charge on any atom is 0.361 e. The third kappa shape index (κ3) is 4.95. The summed E-state index contributed by atoms with van der Waals surface area (Å²) in [6.45, 7) is 2.47. The number of aliphatic hydroxyl groups excluding tert-OH is 1. The molecule has 8 heteroatoms. The molecule has 1 atom stereocenters. The third-order valence-corrected chi connectivity index (χ3v) is 4.51. The zero-order valence-electron chi connectivity index (χ0n) is 12.7. The van der Waals surface area contributed by atoms with Gasteiger partial charge in [0.05, 0.1) is 19.3 Å². The molecule has 2 aromatic rings. The van der Waals surface area contributed by atoms with E-state index in [9.17, 15) is 9.90 Å². The number of hydrogen-bond donors (Lipinski definition) is 1. The van der Waals surface area contributed by atoms with Crippen molar-refractivity contribution in [2.45, 2.75) is 24.6 Å². The van der Waals surface area contributed by atoms with Gasteiger partial charge in [0.25, 0.3) is 0 Å². The average Bonchev–Trinajstić information content (AvgIpc) is 2.96. The van der Waals surface area contributed by atoms with Crippen LogP contribution in [0.2, 0.25) is 0 Å². The summed E-state index contributed by atoms with van der Waals surface area (Å²) in [6, 6.07) is 9.73. The highest BCUT2D eigenvalue weighted by Crippen LogP contribution is 2.24. The van der Waals surface area contributed by atoms with Crippen molar-refractivity contribution in [2.75, 3.05) is 18.2 Å². The number of carbonyl (C=O) groups excluding carboxylic acids is 1. The van der Waals surface area contributed by atoms with E-state index in [1.165, 1.54) is 11.8 Å². The molecule has 1 aromatic carbocycles. The number of aromatic nitrogens is 3. The first-order chi connectivity index (χ1) is 11.2. The van der Waals surface area contributed by atoms with Crippen LogP contribution in [0.4, 0.5) is 0 Å². The van der Waals surface area contributed by atoms with E-state index in [4.69, 9.17) is 16.3 Å². The molecule has 2 rings (SSSR count). The average molecular weight is 356 g/mol. The lowest BCUT2D eigenvalue weighted by Gasteiger charge is -2.10. The topological polar surface area (TPSA) is 77.2 Å². The Balaban J connectivity index is 2.24. The smallest absolute Gasteiger partial charge is 0.361 e. The predicted molar refractivity (Wildman–Crippen MR) is 89.0 cm³/mol. The number of halogens is 1. The van der Waals surface area contributed by atoms with Gasteiger partial charge in [0.2, 0.25) is 5.69 Å². The molecule has 0 saturated heterocycles. The highest BCUT2D eigenvalue weighted by atomic mass is 35.5. The molecular weight excluding hydrogens is 338 g/mol. The summed E-state index contributed by atoms with van der Waals surface area (Å²) in [7, 11) is 0. The molecule has 0 aliphatic heterocycles. The number of thioether (sulfide) groups is 1. The molecule has 6 nitrogen and oxygen atoms in total. The molecule has 1 N–H and O–H groups in total. The number of esters is 1. The summed E-state index contributed by atoms with van der Waals surface area (Å²) in [5.41, 5.74) is 1.20. The monoisotopic (exact) mass is 355 g/mol. The Bertz CT molecular complexity index is 636. The van der Waals surface area contributed by atoms with Crippen molar-refractivity contribution < 1.29 is 14.6 Å². The minimum atomic E-state index is -0.670. The summed E-state index contributed by atoms with van der Waals surface area (Å²) in [5, 5.41) is 18.2. The second-order valence-electron chi connectivity index (χ2n) is 4.73. The van der Waals surface area contributed by atoms with Crippen molar-refractivity contribution in [3.63, 3.8) is 0 Å². The molecule has 124 valence electrons. The minimum absolute atomic E-state index is 0.127. The number of nitrogens with zero attached hydrogens (tertiary/aromatic N) is 3. The van der Waals surface area contributed by atoms with Crippen LogP contribution in [0.25, 0.3) is 0 Å². The van der Waals surface area contributed by atoms with E-state index in [0.717, 1.165) is 5.56 Å². The van der Waals surface area contributed by atoms with Gasteiger partial charge in [-0.05, 0) is 12.5 Å². The van der Waals surface area contributed by atoms with Gasteiger partial charge in [-0.25, -0.2) is 9.48 Å². The lowest BCUT2D eigenvalue weighted by Crippen LogP contribution is -2.14. The molecule has 0 fully saturated rings. The van der Waals surface area contributed by atoms with Crippen LogP contribution in [0.15, 0.2) is 35.4 Å². The molecule has 23 heavy (non-hydrogen) atoms. The summed E-state index contributed by atoms with van der Waals surface area (Å²) in [6.07, 6.45) is -0.670. The Morgan fingerprint density at radius 1 is 1.43 bits per heavy atom. The first-order valence-electron chi connectivity index (χ1n) is 7.17. The minimum Gasteiger partial charge on any atom is -0.461 e. The number of rotatable bonds is 8. The van der Waals surface area contributed by atoms with Gasteiger partial charge < -0.3 is 9.84 Å². The maximum atomic E-state index is 12.0. The van der Waals surface area contributed by atoms with Crippen LogP contribution in [0.1, 0.15) is 23.0 Å². The fourth-order valence-electron chi connectivity index (χ4n) is 1.85. The van der Waals surface area contributed by atoms with E-state index in [2.05, 4.69) is 10.3 Å². The van der Waals surface area contributed by atoms with E-state index < -0.39 is 12.1 Å². The largest absolute Gasteiger partial charge is 0.461 e. The number of alkyl halides is 1. The van der Waals surface area contributed by atoms with Crippen molar-refractivity contribution in [1.29, 1.82) is 0 Å². The lowest BCUT2D eigenvalue weighted by molar-refractivity contribution is 0.0514. The van der Waals surface area contributed by atoms with Gasteiger partial charge in [-0.2, -0.15) is 0 Å². The highest BCUT2D eigenvalue weighted by molar-refractivity contribution is 7.99. The Labute approximate surface area is 143 Å². The summed E-state index contributed by atoms with van der Waals surface area (Å²) >= 11 is 6.91. The molecular formula is C15H18ClN3O3S. The van der Waals surface area contributed by atoms with E-state index in [-0.39, 0.29) is 18.2 Å². The first-order valence-corrected chi connectivity index (χ1v) is 8.69. The van der Waals surface area contributed by atoms with Crippen LogP contribution < -0.4 is 0 Å². The zero-order valence-corrected chi connectivity index (χ0v) is 14.3. The van der Waals surface area contributed by atoms with Gasteiger partial charge in [-0.15, -0.1) is 28.5 Å². The Kier molecular flexibility index (Phi) is 6.88. The lowest BCUT2D eigenvalue weighted by atomic mass is 10.2. The summed E-state index contributed by atoms with van der Waals surface area (Å²) < 4.78 is 6.64. The second-order valence-corrected chi connectivity index (χ2v) is 6.04. The molecule has 0 bridgehead atoms. The fraction of sp³-hybridized carbons (Fsp3) is 0.400. The van der Waals surface area contributed by atoms with Crippen molar-refractivity contribution >= 4 is 29.3 Å². The van der Waals surface area contributed by atoms with E-state index in [1.54, 1.807) is 11.6 Å². The van der Waals surface area contributed by atoms with Crippen molar-refractivity contribution in [2.24, 2.45) is 0 Å². The van der Waals surface area contributed by atoms with Crippen LogP contribution in [0, 0.1) is 0 Å². The van der Waals surface area contributed by atoms with Crippen LogP contribution in [0.3, 0.4) is 0 Å². The number of aliphatic hydroxyl groups is 1.